The molecule has 0 spiro atoms. The summed E-state index contributed by atoms with van der Waals surface area (Å²) in [6.45, 7) is 1.57. The Bertz CT molecular complexity index is 719. The van der Waals surface area contributed by atoms with Crippen LogP contribution in [0.3, 0.4) is 0 Å². The fourth-order valence-corrected chi connectivity index (χ4v) is 1.79. The number of nitro groups is 1. The molecule has 0 atom stereocenters. The maximum atomic E-state index is 13.4. The summed E-state index contributed by atoms with van der Waals surface area (Å²) in [4.78, 5) is 21.9. The molecule has 0 aliphatic carbocycles. The van der Waals surface area contributed by atoms with E-state index >= 15 is 0 Å². The Kier molecular flexibility index (Phi) is 4.67. The van der Waals surface area contributed by atoms with E-state index in [1.165, 1.54) is 24.3 Å². The topological polar surface area (TPSA) is 84.3 Å². The number of nitro benzene ring substituents is 1. The monoisotopic (exact) mass is 303 g/mol. The Morgan fingerprint density at radius 1 is 1.23 bits per heavy atom. The van der Waals surface area contributed by atoms with Gasteiger partial charge in [-0.15, -0.1) is 0 Å². The molecule has 0 bridgehead atoms. The van der Waals surface area contributed by atoms with E-state index in [0.29, 0.717) is 16.9 Å². The summed E-state index contributed by atoms with van der Waals surface area (Å²) in [6.07, 6.45) is 0. The first-order chi connectivity index (χ1) is 10.5. The third-order valence-corrected chi connectivity index (χ3v) is 2.97. The molecule has 0 saturated carbocycles. The van der Waals surface area contributed by atoms with E-state index < -0.39 is 4.92 Å². The summed E-state index contributed by atoms with van der Waals surface area (Å²) in [5, 5.41) is 16.0. The predicted molar refractivity (Wildman–Crippen MR) is 81.4 cm³/mol. The Morgan fingerprint density at radius 3 is 2.68 bits per heavy atom. The zero-order valence-corrected chi connectivity index (χ0v) is 11.8. The molecule has 2 aromatic carbocycles. The van der Waals surface area contributed by atoms with Crippen molar-refractivity contribution in [2.24, 2.45) is 0 Å². The van der Waals surface area contributed by atoms with Gasteiger partial charge in [-0.3, -0.25) is 14.9 Å². The number of carbonyl (C=O) groups is 1. The zero-order valence-electron chi connectivity index (χ0n) is 11.8. The molecule has 0 fully saturated rings. The molecule has 2 rings (SSSR count). The van der Waals surface area contributed by atoms with Gasteiger partial charge in [0.25, 0.3) is 5.69 Å². The average Bonchev–Trinajstić information content (AvgIpc) is 2.49. The Morgan fingerprint density at radius 2 is 2.00 bits per heavy atom. The molecule has 0 unspecified atom stereocenters. The summed E-state index contributed by atoms with van der Waals surface area (Å²) in [6, 6.07) is 10.2. The lowest BCUT2D eigenvalue weighted by Crippen LogP contribution is -2.21. The number of hydrogen-bond acceptors (Lipinski definition) is 4. The van der Waals surface area contributed by atoms with Crippen molar-refractivity contribution < 1.29 is 14.1 Å². The van der Waals surface area contributed by atoms with E-state index in [4.69, 9.17) is 0 Å². The number of nitrogens with one attached hydrogen (secondary N) is 2. The van der Waals surface area contributed by atoms with Gasteiger partial charge in [0, 0.05) is 23.5 Å². The average molecular weight is 303 g/mol. The molecule has 114 valence electrons. The number of amides is 1. The number of benzene rings is 2. The van der Waals surface area contributed by atoms with Crippen LogP contribution in [0, 0.1) is 22.9 Å². The predicted octanol–water partition coefficient (Wildman–Crippen LogP) is 3.09. The van der Waals surface area contributed by atoms with Crippen LogP contribution in [0.1, 0.15) is 5.56 Å². The van der Waals surface area contributed by atoms with Gasteiger partial charge in [-0.25, -0.2) is 4.39 Å². The number of carbonyl (C=O) groups excluding carboxylic acids is 1. The van der Waals surface area contributed by atoms with E-state index in [1.807, 2.05) is 0 Å². The number of anilines is 2. The second-order valence-corrected chi connectivity index (χ2v) is 4.67. The highest BCUT2D eigenvalue weighted by atomic mass is 19.1. The Balaban J connectivity index is 1.94. The normalized spacial score (nSPS) is 10.1. The Hall–Kier alpha value is -2.96. The van der Waals surface area contributed by atoms with Crippen molar-refractivity contribution in [2.75, 3.05) is 17.2 Å². The standard InChI is InChI=1S/C15H14FN3O3/c1-10-5-6-11(8-14(10)16)17-9-15(20)18-12-3-2-4-13(7-12)19(21)22/h2-8,17H,9H2,1H3,(H,18,20). The molecule has 7 heteroatoms. The van der Waals surface area contributed by atoms with Crippen molar-refractivity contribution in [3.63, 3.8) is 0 Å². The lowest BCUT2D eigenvalue weighted by atomic mass is 10.2. The molecule has 22 heavy (non-hydrogen) atoms. The van der Waals surface area contributed by atoms with Crippen LogP contribution in [0.5, 0.6) is 0 Å². The first-order valence-electron chi connectivity index (χ1n) is 6.50. The maximum absolute atomic E-state index is 13.4. The molecule has 6 nitrogen and oxygen atoms in total. The molecule has 0 aliphatic heterocycles. The number of halogens is 1. The number of non-ortho nitro benzene ring substituents is 1. The molecule has 1 amide bonds. The van der Waals surface area contributed by atoms with Crippen LogP contribution in [0.25, 0.3) is 0 Å². The quantitative estimate of drug-likeness (QED) is 0.656. The number of nitrogens with zero attached hydrogens (tertiary/aromatic N) is 1. The van der Waals surface area contributed by atoms with Gasteiger partial charge in [0.05, 0.1) is 11.5 Å². The van der Waals surface area contributed by atoms with E-state index in [-0.39, 0.29) is 24.0 Å². The minimum absolute atomic E-state index is 0.0782. The molecule has 0 radical (unpaired) electrons. The van der Waals surface area contributed by atoms with Crippen LogP contribution in [0.15, 0.2) is 42.5 Å². The molecule has 0 aliphatic rings. The lowest BCUT2D eigenvalue weighted by molar-refractivity contribution is -0.384. The third kappa shape index (κ3) is 4.02. The van der Waals surface area contributed by atoms with Crippen molar-refractivity contribution in [2.45, 2.75) is 6.92 Å². The van der Waals surface area contributed by atoms with Crippen LogP contribution in [0.2, 0.25) is 0 Å². The van der Waals surface area contributed by atoms with Crippen LogP contribution >= 0.6 is 0 Å². The lowest BCUT2D eigenvalue weighted by Gasteiger charge is -2.08. The van der Waals surface area contributed by atoms with Gasteiger partial charge in [-0.05, 0) is 30.7 Å². The number of hydrogen-bond donors (Lipinski definition) is 2. The molecule has 0 aromatic heterocycles. The minimum atomic E-state index is -0.539. The minimum Gasteiger partial charge on any atom is -0.376 e. The van der Waals surface area contributed by atoms with Crippen molar-refractivity contribution >= 4 is 23.0 Å². The van der Waals surface area contributed by atoms with Gasteiger partial charge in [0.2, 0.25) is 5.91 Å². The van der Waals surface area contributed by atoms with Crippen LogP contribution in [0.4, 0.5) is 21.5 Å². The van der Waals surface area contributed by atoms with E-state index in [2.05, 4.69) is 10.6 Å². The fourth-order valence-electron chi connectivity index (χ4n) is 1.79. The SMILES string of the molecule is Cc1ccc(NCC(=O)Nc2cccc([N+](=O)[O-])c2)cc1F. The summed E-state index contributed by atoms with van der Waals surface area (Å²) < 4.78 is 13.4. The first kappa shape index (κ1) is 15.4. The molecule has 2 aromatic rings. The van der Waals surface area contributed by atoms with Crippen molar-refractivity contribution in [1.82, 2.24) is 0 Å². The maximum Gasteiger partial charge on any atom is 0.271 e. The second kappa shape index (κ2) is 6.66. The second-order valence-electron chi connectivity index (χ2n) is 4.67. The Labute approximate surface area is 126 Å². The molecular formula is C15H14FN3O3. The summed E-state index contributed by atoms with van der Waals surface area (Å²) in [7, 11) is 0. The first-order valence-corrected chi connectivity index (χ1v) is 6.50. The van der Waals surface area contributed by atoms with Gasteiger partial charge in [-0.2, -0.15) is 0 Å². The summed E-state index contributed by atoms with van der Waals surface area (Å²) in [5.41, 5.74) is 1.23. The molecular weight excluding hydrogens is 289 g/mol. The number of aryl methyl sites for hydroxylation is 1. The smallest absolute Gasteiger partial charge is 0.271 e. The summed E-state index contributed by atoms with van der Waals surface area (Å²) in [5.74, 6) is -0.745. The van der Waals surface area contributed by atoms with Gasteiger partial charge in [-0.1, -0.05) is 12.1 Å². The molecule has 0 heterocycles. The van der Waals surface area contributed by atoms with Crippen LogP contribution < -0.4 is 10.6 Å². The van der Waals surface area contributed by atoms with E-state index in [9.17, 15) is 19.3 Å². The number of rotatable bonds is 5. The highest BCUT2D eigenvalue weighted by Crippen LogP contribution is 2.17. The van der Waals surface area contributed by atoms with Gasteiger partial charge < -0.3 is 10.6 Å². The third-order valence-electron chi connectivity index (χ3n) is 2.97. The van der Waals surface area contributed by atoms with Crippen LogP contribution in [-0.2, 0) is 4.79 Å². The van der Waals surface area contributed by atoms with E-state index in [0.717, 1.165) is 0 Å². The van der Waals surface area contributed by atoms with Crippen molar-refractivity contribution in [1.29, 1.82) is 0 Å². The van der Waals surface area contributed by atoms with E-state index in [1.54, 1.807) is 25.1 Å². The highest BCUT2D eigenvalue weighted by Gasteiger charge is 2.08. The molecule has 0 saturated heterocycles. The van der Waals surface area contributed by atoms with Gasteiger partial charge >= 0.3 is 0 Å². The van der Waals surface area contributed by atoms with Crippen LogP contribution in [-0.4, -0.2) is 17.4 Å². The van der Waals surface area contributed by atoms with Gasteiger partial charge in [0.15, 0.2) is 0 Å². The van der Waals surface area contributed by atoms with Crippen molar-refractivity contribution in [3.05, 3.63) is 64.0 Å². The zero-order chi connectivity index (χ0) is 16.1. The molecule has 2 N–H and O–H groups in total. The largest absolute Gasteiger partial charge is 0.376 e. The fraction of sp³-hybridized carbons (Fsp3) is 0.133. The van der Waals surface area contributed by atoms with Crippen molar-refractivity contribution in [3.8, 4) is 0 Å². The summed E-state index contributed by atoms with van der Waals surface area (Å²) >= 11 is 0. The van der Waals surface area contributed by atoms with Gasteiger partial charge in [0.1, 0.15) is 5.82 Å². The highest BCUT2D eigenvalue weighted by molar-refractivity contribution is 5.94.